The first-order chi connectivity index (χ1) is 12.8. The summed E-state index contributed by atoms with van der Waals surface area (Å²) >= 11 is 1.52. The molecule has 0 bridgehead atoms. The fourth-order valence-electron chi connectivity index (χ4n) is 2.54. The van der Waals surface area contributed by atoms with Gasteiger partial charge in [-0.15, -0.1) is 11.3 Å². The summed E-state index contributed by atoms with van der Waals surface area (Å²) in [6.45, 7) is 4.27. The van der Waals surface area contributed by atoms with Crippen molar-refractivity contribution in [2.75, 3.05) is 4.90 Å². The minimum absolute atomic E-state index is 0.371. The monoisotopic (exact) mass is 387 g/mol. The average molecular weight is 387 g/mol. The summed E-state index contributed by atoms with van der Waals surface area (Å²) in [5, 5.41) is 9.74. The first-order valence-corrected chi connectivity index (χ1v) is 8.97. The molecule has 3 rings (SSSR count). The highest BCUT2D eigenvalue weighted by molar-refractivity contribution is 7.15. The summed E-state index contributed by atoms with van der Waals surface area (Å²) < 4.78 is 38.4. The van der Waals surface area contributed by atoms with Crippen molar-refractivity contribution in [2.45, 2.75) is 26.6 Å². The molecule has 27 heavy (non-hydrogen) atoms. The molecule has 2 aromatic carbocycles. The van der Waals surface area contributed by atoms with Gasteiger partial charge in [0.05, 0.1) is 29.4 Å². The van der Waals surface area contributed by atoms with Gasteiger partial charge < -0.3 is 4.90 Å². The lowest BCUT2D eigenvalue weighted by Gasteiger charge is -2.22. The first-order valence-electron chi connectivity index (χ1n) is 8.16. The second-order valence-electron chi connectivity index (χ2n) is 6.08. The molecule has 0 saturated heterocycles. The van der Waals surface area contributed by atoms with Crippen LogP contribution in [0.5, 0.6) is 0 Å². The molecule has 138 valence electrons. The van der Waals surface area contributed by atoms with Gasteiger partial charge in [0, 0.05) is 10.6 Å². The minimum atomic E-state index is -4.35. The van der Waals surface area contributed by atoms with Crippen molar-refractivity contribution in [3.8, 4) is 6.07 Å². The van der Waals surface area contributed by atoms with E-state index < -0.39 is 11.7 Å². The number of nitrogens with zero attached hydrogens (tertiary/aromatic N) is 3. The van der Waals surface area contributed by atoms with Crippen molar-refractivity contribution in [1.82, 2.24) is 4.98 Å². The van der Waals surface area contributed by atoms with Gasteiger partial charge >= 0.3 is 6.18 Å². The number of thiazole rings is 1. The third-order valence-corrected chi connectivity index (χ3v) is 5.27. The molecule has 0 amide bonds. The third kappa shape index (κ3) is 4.29. The molecule has 3 aromatic rings. The standard InChI is InChI=1S/C20H16F3N3S/c1-13-14(2)27-19(25-13)26(18-9-5-15(11-24)6-10-18)12-16-3-7-17(8-4-16)20(21,22)23/h3-10H,12H2,1-2H3. The van der Waals surface area contributed by atoms with Gasteiger partial charge in [0.2, 0.25) is 0 Å². The fourth-order valence-corrected chi connectivity index (χ4v) is 3.47. The maximum atomic E-state index is 12.8. The van der Waals surface area contributed by atoms with Crippen LogP contribution in [0.1, 0.15) is 27.3 Å². The number of anilines is 2. The van der Waals surface area contributed by atoms with Gasteiger partial charge in [-0.05, 0) is 55.8 Å². The van der Waals surface area contributed by atoms with Crippen LogP contribution in [0.25, 0.3) is 0 Å². The van der Waals surface area contributed by atoms with Crippen LogP contribution in [-0.2, 0) is 12.7 Å². The van der Waals surface area contributed by atoms with Gasteiger partial charge in [-0.3, -0.25) is 0 Å². The molecule has 0 unspecified atom stereocenters. The molecule has 0 aliphatic carbocycles. The van der Waals surface area contributed by atoms with Gasteiger partial charge in [0.1, 0.15) is 0 Å². The Morgan fingerprint density at radius 1 is 1.04 bits per heavy atom. The third-order valence-electron chi connectivity index (χ3n) is 4.18. The number of hydrogen-bond acceptors (Lipinski definition) is 4. The van der Waals surface area contributed by atoms with Crippen molar-refractivity contribution in [3.63, 3.8) is 0 Å². The predicted octanol–water partition coefficient (Wildman–Crippen LogP) is 5.99. The maximum absolute atomic E-state index is 12.8. The van der Waals surface area contributed by atoms with E-state index >= 15 is 0 Å². The van der Waals surface area contributed by atoms with Gasteiger partial charge in [0.25, 0.3) is 0 Å². The Hall–Kier alpha value is -2.85. The molecular formula is C20H16F3N3S. The molecule has 0 radical (unpaired) electrons. The SMILES string of the molecule is Cc1nc(N(Cc2ccc(C(F)(F)F)cc2)c2ccc(C#N)cc2)sc1C. The number of halogens is 3. The number of aryl methyl sites for hydroxylation is 2. The summed E-state index contributed by atoms with van der Waals surface area (Å²) in [6, 6.07) is 14.3. The molecule has 0 fully saturated rings. The zero-order valence-electron chi connectivity index (χ0n) is 14.7. The molecule has 0 aliphatic heterocycles. The van der Waals surface area contributed by atoms with Gasteiger partial charge in [-0.2, -0.15) is 18.4 Å². The highest BCUT2D eigenvalue weighted by atomic mass is 32.1. The predicted molar refractivity (Wildman–Crippen MR) is 100 cm³/mol. The van der Waals surface area contributed by atoms with Crippen LogP contribution in [0.2, 0.25) is 0 Å². The minimum Gasteiger partial charge on any atom is -0.313 e. The number of benzene rings is 2. The summed E-state index contributed by atoms with van der Waals surface area (Å²) in [5.41, 5.74) is 2.35. The summed E-state index contributed by atoms with van der Waals surface area (Å²) in [7, 11) is 0. The van der Waals surface area contributed by atoms with E-state index in [1.165, 1.54) is 23.5 Å². The van der Waals surface area contributed by atoms with Gasteiger partial charge in [-0.25, -0.2) is 4.98 Å². The summed E-state index contributed by atoms with van der Waals surface area (Å²) in [4.78, 5) is 7.60. The molecule has 0 spiro atoms. The van der Waals surface area contributed by atoms with Crippen molar-refractivity contribution in [1.29, 1.82) is 5.26 Å². The number of aromatic nitrogens is 1. The highest BCUT2D eigenvalue weighted by Crippen LogP contribution is 2.34. The van der Waals surface area contributed by atoms with Crippen molar-refractivity contribution < 1.29 is 13.2 Å². The van der Waals surface area contributed by atoms with Gasteiger partial charge in [-0.1, -0.05) is 12.1 Å². The molecule has 1 heterocycles. The van der Waals surface area contributed by atoms with E-state index in [9.17, 15) is 13.2 Å². The lowest BCUT2D eigenvalue weighted by molar-refractivity contribution is -0.137. The summed E-state index contributed by atoms with van der Waals surface area (Å²) in [5.74, 6) is 0. The normalized spacial score (nSPS) is 11.3. The van der Waals surface area contributed by atoms with E-state index in [1.54, 1.807) is 12.1 Å². The fraction of sp³-hybridized carbons (Fsp3) is 0.200. The van der Waals surface area contributed by atoms with Crippen molar-refractivity contribution in [2.24, 2.45) is 0 Å². The van der Waals surface area contributed by atoms with E-state index in [0.29, 0.717) is 12.1 Å². The van der Waals surface area contributed by atoms with E-state index in [2.05, 4.69) is 11.1 Å². The Morgan fingerprint density at radius 3 is 2.15 bits per heavy atom. The quantitative estimate of drug-likeness (QED) is 0.552. The summed E-state index contributed by atoms with van der Waals surface area (Å²) in [6.07, 6.45) is -4.35. The van der Waals surface area contributed by atoms with Crippen LogP contribution in [0.4, 0.5) is 24.0 Å². The van der Waals surface area contributed by atoms with Crippen molar-refractivity contribution in [3.05, 3.63) is 75.8 Å². The number of hydrogen-bond donors (Lipinski definition) is 0. The van der Waals surface area contributed by atoms with Crippen LogP contribution < -0.4 is 4.90 Å². The van der Waals surface area contributed by atoms with E-state index in [4.69, 9.17) is 5.26 Å². The van der Waals surface area contributed by atoms with Crippen LogP contribution in [0, 0.1) is 25.2 Å². The average Bonchev–Trinajstić information content (AvgIpc) is 2.98. The second-order valence-corrected chi connectivity index (χ2v) is 7.26. The van der Waals surface area contributed by atoms with E-state index in [1.807, 2.05) is 30.9 Å². The highest BCUT2D eigenvalue weighted by Gasteiger charge is 2.30. The topological polar surface area (TPSA) is 39.9 Å². The second kappa shape index (κ2) is 7.41. The Kier molecular flexibility index (Phi) is 5.19. The van der Waals surface area contributed by atoms with Crippen LogP contribution in [-0.4, -0.2) is 4.98 Å². The molecule has 0 aliphatic rings. The molecule has 0 saturated carbocycles. The Morgan fingerprint density at radius 2 is 1.67 bits per heavy atom. The van der Waals surface area contributed by atoms with E-state index in [0.717, 1.165) is 39.1 Å². The van der Waals surface area contributed by atoms with Gasteiger partial charge in [0.15, 0.2) is 5.13 Å². The zero-order valence-corrected chi connectivity index (χ0v) is 15.5. The number of nitriles is 1. The Balaban J connectivity index is 1.95. The van der Waals surface area contributed by atoms with Crippen LogP contribution in [0.3, 0.4) is 0 Å². The van der Waals surface area contributed by atoms with E-state index in [-0.39, 0.29) is 0 Å². The molecule has 0 N–H and O–H groups in total. The smallest absolute Gasteiger partial charge is 0.313 e. The van der Waals surface area contributed by atoms with Crippen LogP contribution >= 0.6 is 11.3 Å². The maximum Gasteiger partial charge on any atom is 0.416 e. The first kappa shape index (κ1) is 18.9. The molecule has 1 aromatic heterocycles. The number of alkyl halides is 3. The number of rotatable bonds is 4. The molecule has 7 heteroatoms. The van der Waals surface area contributed by atoms with Crippen molar-refractivity contribution >= 4 is 22.2 Å². The lowest BCUT2D eigenvalue weighted by atomic mass is 10.1. The zero-order chi connectivity index (χ0) is 19.6. The van der Waals surface area contributed by atoms with Crippen LogP contribution in [0.15, 0.2) is 48.5 Å². The lowest BCUT2D eigenvalue weighted by Crippen LogP contribution is -2.16. The molecular weight excluding hydrogens is 371 g/mol. The molecule has 3 nitrogen and oxygen atoms in total. The largest absolute Gasteiger partial charge is 0.416 e. The molecule has 0 atom stereocenters. The Bertz CT molecular complexity index is 948. The Labute approximate surface area is 159 Å².